The summed E-state index contributed by atoms with van der Waals surface area (Å²) in [6.07, 6.45) is 8.23. The number of rotatable bonds is 11. The van der Waals surface area contributed by atoms with E-state index in [2.05, 4.69) is 28.7 Å². The van der Waals surface area contributed by atoms with Gasteiger partial charge in [-0.3, -0.25) is 4.79 Å². The average molecular weight is 361 g/mol. The van der Waals surface area contributed by atoms with Gasteiger partial charge in [-0.1, -0.05) is 55.2 Å². The van der Waals surface area contributed by atoms with E-state index in [-0.39, 0.29) is 0 Å². The van der Waals surface area contributed by atoms with E-state index in [9.17, 15) is 4.79 Å². The Hall–Kier alpha value is -3.27. The number of hydrogen-bond donors (Lipinski definition) is 2. The molecule has 4 heteroatoms. The Morgan fingerprint density at radius 1 is 1.15 bits per heavy atom. The van der Waals surface area contributed by atoms with Gasteiger partial charge in [-0.2, -0.15) is 0 Å². The summed E-state index contributed by atoms with van der Waals surface area (Å²) in [5.74, 6) is 0. The van der Waals surface area contributed by atoms with Crippen molar-refractivity contribution >= 4 is 29.2 Å². The summed E-state index contributed by atoms with van der Waals surface area (Å²) >= 11 is 0. The van der Waals surface area contributed by atoms with Gasteiger partial charge in [0.2, 0.25) is 6.41 Å². The van der Waals surface area contributed by atoms with Crippen LogP contribution in [-0.2, 0) is 4.79 Å². The molecule has 140 valence electrons. The van der Waals surface area contributed by atoms with E-state index in [1.54, 1.807) is 6.08 Å². The Morgan fingerprint density at radius 3 is 2.63 bits per heavy atom. The first kappa shape index (κ1) is 20.0. The lowest BCUT2D eigenvalue weighted by Crippen LogP contribution is -2.20. The van der Waals surface area contributed by atoms with Gasteiger partial charge in [0.25, 0.3) is 0 Å². The number of nitrogens with zero attached hydrogens (tertiary/aromatic N) is 1. The van der Waals surface area contributed by atoms with Crippen molar-refractivity contribution in [2.45, 2.75) is 12.8 Å². The molecule has 27 heavy (non-hydrogen) atoms. The quantitative estimate of drug-likeness (QED) is 0.409. The maximum atomic E-state index is 11.0. The summed E-state index contributed by atoms with van der Waals surface area (Å²) in [4.78, 5) is 13.2. The molecule has 2 rings (SSSR count). The molecule has 0 radical (unpaired) electrons. The van der Waals surface area contributed by atoms with Gasteiger partial charge in [-0.05, 0) is 43.2 Å². The van der Waals surface area contributed by atoms with Crippen LogP contribution in [0.1, 0.15) is 12.8 Å². The number of allylic oxidation sites excluding steroid dienone is 4. The van der Waals surface area contributed by atoms with Crippen LogP contribution in [0.3, 0.4) is 0 Å². The number of para-hydroxylation sites is 1. The lowest BCUT2D eigenvalue weighted by atomic mass is 10.1. The molecule has 2 aromatic carbocycles. The first-order chi connectivity index (χ1) is 13.1. The van der Waals surface area contributed by atoms with Crippen molar-refractivity contribution in [3.63, 3.8) is 0 Å². The number of nitrogens with one attached hydrogen (secondary N) is 2. The highest BCUT2D eigenvalue weighted by Gasteiger charge is 2.09. The minimum atomic E-state index is 0.709. The Labute approximate surface area is 161 Å². The second-order valence-corrected chi connectivity index (χ2v) is 6.26. The fourth-order valence-corrected chi connectivity index (χ4v) is 2.77. The Morgan fingerprint density at radius 2 is 1.93 bits per heavy atom. The molecule has 2 N–H and O–H groups in total. The predicted octanol–water partition coefficient (Wildman–Crippen LogP) is 5.51. The molecule has 0 aliphatic carbocycles. The maximum absolute atomic E-state index is 11.0. The molecule has 0 bridgehead atoms. The van der Waals surface area contributed by atoms with E-state index in [0.29, 0.717) is 6.41 Å². The highest BCUT2D eigenvalue weighted by Crippen LogP contribution is 2.30. The summed E-state index contributed by atoms with van der Waals surface area (Å²) in [6, 6.07) is 15.9. The van der Waals surface area contributed by atoms with Crippen LogP contribution < -0.4 is 15.5 Å². The highest BCUT2D eigenvalue weighted by atomic mass is 16.1. The molecule has 0 aliphatic rings. The minimum absolute atomic E-state index is 0.709. The Bertz CT molecular complexity index is 797. The SMILES string of the molecule is C=C/C=C\C(=C)CCCN(C)c1ccc(Nc2ccccc2)cc1NC=O. The number of carbonyl (C=O) groups is 1. The van der Waals surface area contributed by atoms with Gasteiger partial charge in [0.15, 0.2) is 0 Å². The molecule has 1 amide bonds. The summed E-state index contributed by atoms with van der Waals surface area (Å²) in [5, 5.41) is 6.15. The van der Waals surface area contributed by atoms with Crippen LogP contribution in [0, 0.1) is 0 Å². The zero-order valence-electron chi connectivity index (χ0n) is 15.8. The fourth-order valence-electron chi connectivity index (χ4n) is 2.77. The lowest BCUT2D eigenvalue weighted by Gasteiger charge is -2.23. The van der Waals surface area contributed by atoms with Gasteiger partial charge >= 0.3 is 0 Å². The van der Waals surface area contributed by atoms with Crippen LogP contribution in [0.25, 0.3) is 0 Å². The normalized spacial score (nSPS) is 10.4. The number of anilines is 4. The molecule has 0 aliphatic heterocycles. The predicted molar refractivity (Wildman–Crippen MR) is 117 cm³/mol. The molecule has 0 unspecified atom stereocenters. The minimum Gasteiger partial charge on any atom is -0.373 e. The molecule has 0 spiro atoms. The molecule has 0 saturated heterocycles. The first-order valence-corrected chi connectivity index (χ1v) is 8.98. The summed E-state index contributed by atoms with van der Waals surface area (Å²) in [5.41, 5.74) is 4.76. The summed E-state index contributed by atoms with van der Waals surface area (Å²) in [6.45, 7) is 8.57. The smallest absolute Gasteiger partial charge is 0.211 e. The largest absolute Gasteiger partial charge is 0.373 e. The zero-order valence-corrected chi connectivity index (χ0v) is 15.8. The van der Waals surface area contributed by atoms with Crippen molar-refractivity contribution in [3.05, 3.63) is 85.5 Å². The first-order valence-electron chi connectivity index (χ1n) is 8.98. The molecule has 0 aromatic heterocycles. The van der Waals surface area contributed by atoms with Crippen molar-refractivity contribution in [1.82, 2.24) is 0 Å². The molecule has 0 atom stereocenters. The second kappa shape index (κ2) is 10.7. The van der Waals surface area contributed by atoms with Crippen LogP contribution in [0.2, 0.25) is 0 Å². The topological polar surface area (TPSA) is 44.4 Å². The second-order valence-electron chi connectivity index (χ2n) is 6.26. The molecular formula is C23H27N3O. The lowest BCUT2D eigenvalue weighted by molar-refractivity contribution is -0.105. The third kappa shape index (κ3) is 6.51. The van der Waals surface area contributed by atoms with E-state index < -0.39 is 0 Å². The van der Waals surface area contributed by atoms with Crippen molar-refractivity contribution in [2.75, 3.05) is 29.1 Å². The Balaban J connectivity index is 2.04. The molecular weight excluding hydrogens is 334 g/mol. The van der Waals surface area contributed by atoms with Gasteiger partial charge in [0.05, 0.1) is 11.4 Å². The third-order valence-electron chi connectivity index (χ3n) is 4.14. The van der Waals surface area contributed by atoms with Crippen LogP contribution in [0.4, 0.5) is 22.7 Å². The third-order valence-corrected chi connectivity index (χ3v) is 4.14. The van der Waals surface area contributed by atoms with E-state index >= 15 is 0 Å². The number of amides is 1. The van der Waals surface area contributed by atoms with Crippen molar-refractivity contribution in [1.29, 1.82) is 0 Å². The molecule has 0 heterocycles. The number of carbonyl (C=O) groups excluding carboxylic acids is 1. The molecule has 0 saturated carbocycles. The Kier molecular flexibility index (Phi) is 7.92. The summed E-state index contributed by atoms with van der Waals surface area (Å²) in [7, 11) is 2.03. The average Bonchev–Trinajstić information content (AvgIpc) is 2.67. The van der Waals surface area contributed by atoms with Gasteiger partial charge in [-0.25, -0.2) is 0 Å². The van der Waals surface area contributed by atoms with Crippen molar-refractivity contribution < 1.29 is 4.79 Å². The number of benzene rings is 2. The van der Waals surface area contributed by atoms with E-state index in [1.165, 1.54) is 0 Å². The fraction of sp³-hybridized carbons (Fsp3) is 0.174. The van der Waals surface area contributed by atoms with E-state index in [1.807, 2.05) is 67.7 Å². The van der Waals surface area contributed by atoms with E-state index in [0.717, 1.165) is 47.7 Å². The highest BCUT2D eigenvalue weighted by molar-refractivity contribution is 5.84. The summed E-state index contributed by atoms with van der Waals surface area (Å²) < 4.78 is 0. The standard InChI is InChI=1S/C23H27N3O/c1-4-5-10-19(2)11-9-16-26(3)23-15-14-21(17-22(23)24-18-27)25-20-12-7-6-8-13-20/h4-8,10,12-15,17-18,25H,1-2,9,11,16H2,3H3,(H,24,27)/b10-5-. The monoisotopic (exact) mass is 361 g/mol. The zero-order chi connectivity index (χ0) is 19.5. The molecule has 4 nitrogen and oxygen atoms in total. The molecule has 0 fully saturated rings. The number of hydrogen-bond acceptors (Lipinski definition) is 3. The maximum Gasteiger partial charge on any atom is 0.211 e. The van der Waals surface area contributed by atoms with Gasteiger partial charge in [0, 0.05) is 25.0 Å². The van der Waals surface area contributed by atoms with Gasteiger partial charge in [-0.15, -0.1) is 0 Å². The van der Waals surface area contributed by atoms with Crippen molar-refractivity contribution in [3.8, 4) is 0 Å². The van der Waals surface area contributed by atoms with Crippen molar-refractivity contribution in [2.24, 2.45) is 0 Å². The van der Waals surface area contributed by atoms with E-state index in [4.69, 9.17) is 0 Å². The van der Waals surface area contributed by atoms with Gasteiger partial charge < -0.3 is 15.5 Å². The van der Waals surface area contributed by atoms with Gasteiger partial charge in [0.1, 0.15) is 0 Å². The van der Waals surface area contributed by atoms with Crippen LogP contribution >= 0.6 is 0 Å². The van der Waals surface area contributed by atoms with Crippen LogP contribution in [-0.4, -0.2) is 20.0 Å². The van der Waals surface area contributed by atoms with Crippen LogP contribution in [0.5, 0.6) is 0 Å². The van der Waals surface area contributed by atoms with Crippen LogP contribution in [0.15, 0.2) is 85.5 Å². The molecule has 2 aromatic rings.